The molecule has 0 saturated heterocycles. The Labute approximate surface area is 127 Å². The first kappa shape index (κ1) is 14.6. The number of rotatable bonds is 4. The first-order valence-electron chi connectivity index (χ1n) is 6.27. The lowest BCUT2D eigenvalue weighted by Crippen LogP contribution is -2.16. The summed E-state index contributed by atoms with van der Waals surface area (Å²) in [4.78, 5) is 13.1. The van der Waals surface area contributed by atoms with Gasteiger partial charge < -0.3 is 10.0 Å². The number of carboxylic acids is 1. The number of hydrogen-bond donors (Lipinski definition) is 1. The number of halogens is 1. The molecule has 3 nitrogen and oxygen atoms in total. The Morgan fingerprint density at radius 1 is 1.20 bits per heavy atom. The molecule has 0 aliphatic heterocycles. The Hall–Kier alpha value is -1.81. The highest BCUT2D eigenvalue weighted by atomic mass is 79.9. The fraction of sp³-hybridized carbons (Fsp3) is 0.188. The maximum Gasteiger partial charge on any atom is 0.335 e. The van der Waals surface area contributed by atoms with Crippen LogP contribution >= 0.6 is 15.9 Å². The number of nitrogens with zero attached hydrogens (tertiary/aromatic N) is 1. The monoisotopic (exact) mass is 333 g/mol. The highest BCUT2D eigenvalue weighted by Crippen LogP contribution is 2.20. The van der Waals surface area contributed by atoms with Gasteiger partial charge in [-0.25, -0.2) is 4.79 Å². The van der Waals surface area contributed by atoms with Gasteiger partial charge in [0.25, 0.3) is 0 Å². The van der Waals surface area contributed by atoms with Gasteiger partial charge in [0.15, 0.2) is 0 Å². The van der Waals surface area contributed by atoms with Crippen molar-refractivity contribution in [1.29, 1.82) is 0 Å². The summed E-state index contributed by atoms with van der Waals surface area (Å²) in [6.45, 7) is 2.60. The lowest BCUT2D eigenvalue weighted by atomic mass is 10.1. The number of carbonyl (C=O) groups is 1. The maximum absolute atomic E-state index is 11.0. The molecule has 0 unspecified atom stereocenters. The second-order valence-electron chi connectivity index (χ2n) is 4.79. The van der Waals surface area contributed by atoms with Crippen molar-refractivity contribution in [3.63, 3.8) is 0 Å². The summed E-state index contributed by atoms with van der Waals surface area (Å²) in [5.41, 5.74) is 3.34. The van der Waals surface area contributed by atoms with Crippen molar-refractivity contribution in [1.82, 2.24) is 0 Å². The van der Waals surface area contributed by atoms with Crippen LogP contribution in [0.15, 0.2) is 46.9 Å². The summed E-state index contributed by atoms with van der Waals surface area (Å²) in [6.07, 6.45) is 0. The Bertz CT molecular complexity index is 623. The van der Waals surface area contributed by atoms with E-state index in [4.69, 9.17) is 5.11 Å². The molecule has 2 rings (SSSR count). The van der Waals surface area contributed by atoms with Gasteiger partial charge in [-0.05, 0) is 48.4 Å². The Morgan fingerprint density at radius 2 is 1.85 bits per heavy atom. The second-order valence-corrected chi connectivity index (χ2v) is 5.70. The molecule has 0 aliphatic carbocycles. The van der Waals surface area contributed by atoms with Gasteiger partial charge in [-0.15, -0.1) is 0 Å². The lowest BCUT2D eigenvalue weighted by Gasteiger charge is -2.20. The summed E-state index contributed by atoms with van der Waals surface area (Å²) < 4.78 is 1.06. The van der Waals surface area contributed by atoms with Gasteiger partial charge in [0.05, 0.1) is 5.56 Å². The third-order valence-electron chi connectivity index (χ3n) is 3.21. The second kappa shape index (κ2) is 6.09. The molecule has 2 aromatic rings. The lowest BCUT2D eigenvalue weighted by molar-refractivity contribution is 0.0696. The molecule has 0 radical (unpaired) electrons. The van der Waals surface area contributed by atoms with E-state index in [9.17, 15) is 4.79 Å². The minimum Gasteiger partial charge on any atom is -0.478 e. The molecule has 2 aromatic carbocycles. The van der Waals surface area contributed by atoms with E-state index in [1.54, 1.807) is 6.07 Å². The van der Waals surface area contributed by atoms with Crippen LogP contribution in [0, 0.1) is 6.92 Å². The summed E-state index contributed by atoms with van der Waals surface area (Å²) in [6, 6.07) is 13.6. The van der Waals surface area contributed by atoms with Crippen LogP contribution in [0.2, 0.25) is 0 Å². The molecule has 20 heavy (non-hydrogen) atoms. The molecule has 0 amide bonds. The zero-order valence-electron chi connectivity index (χ0n) is 11.4. The predicted molar refractivity (Wildman–Crippen MR) is 84.4 cm³/mol. The summed E-state index contributed by atoms with van der Waals surface area (Å²) in [5.74, 6) is -0.885. The topological polar surface area (TPSA) is 40.5 Å². The number of anilines is 1. The van der Waals surface area contributed by atoms with E-state index in [1.165, 1.54) is 5.56 Å². The summed E-state index contributed by atoms with van der Waals surface area (Å²) in [7, 11) is 2.00. The van der Waals surface area contributed by atoms with Gasteiger partial charge in [0, 0.05) is 23.8 Å². The van der Waals surface area contributed by atoms with E-state index in [1.807, 2.05) is 38.2 Å². The Morgan fingerprint density at radius 3 is 2.40 bits per heavy atom. The van der Waals surface area contributed by atoms with Crippen molar-refractivity contribution in [3.05, 3.63) is 63.6 Å². The van der Waals surface area contributed by atoms with Crippen molar-refractivity contribution in [2.45, 2.75) is 13.5 Å². The van der Waals surface area contributed by atoms with Crippen molar-refractivity contribution in [3.8, 4) is 0 Å². The van der Waals surface area contributed by atoms with Crippen molar-refractivity contribution >= 4 is 27.6 Å². The van der Waals surface area contributed by atoms with Gasteiger partial charge >= 0.3 is 5.97 Å². The van der Waals surface area contributed by atoms with Crippen LogP contribution < -0.4 is 4.90 Å². The molecule has 0 fully saturated rings. The third kappa shape index (κ3) is 3.39. The molecule has 0 aliphatic rings. The Kier molecular flexibility index (Phi) is 4.45. The minimum atomic E-state index is -0.885. The summed E-state index contributed by atoms with van der Waals surface area (Å²) in [5, 5.41) is 9.04. The first-order valence-corrected chi connectivity index (χ1v) is 7.06. The number of carboxylic acid groups (broad SMARTS) is 1. The zero-order valence-corrected chi connectivity index (χ0v) is 13.0. The predicted octanol–water partition coefficient (Wildman–Crippen LogP) is 4.09. The van der Waals surface area contributed by atoms with Gasteiger partial charge in [-0.3, -0.25) is 0 Å². The molecular formula is C16H16BrNO2. The first-order chi connectivity index (χ1) is 9.47. The van der Waals surface area contributed by atoms with Gasteiger partial charge in [-0.1, -0.05) is 28.1 Å². The van der Waals surface area contributed by atoms with Gasteiger partial charge in [0.1, 0.15) is 0 Å². The highest BCUT2D eigenvalue weighted by Gasteiger charge is 2.09. The van der Waals surface area contributed by atoms with Crippen LogP contribution in [0.5, 0.6) is 0 Å². The molecule has 0 aromatic heterocycles. The van der Waals surface area contributed by atoms with Gasteiger partial charge in [0.2, 0.25) is 0 Å². The third-order valence-corrected chi connectivity index (χ3v) is 3.74. The minimum absolute atomic E-state index is 0.353. The van der Waals surface area contributed by atoms with E-state index in [0.717, 1.165) is 22.3 Å². The molecule has 0 heterocycles. The molecule has 0 spiro atoms. The van der Waals surface area contributed by atoms with Crippen LogP contribution in [-0.4, -0.2) is 18.1 Å². The van der Waals surface area contributed by atoms with Crippen LogP contribution in [0.3, 0.4) is 0 Å². The van der Waals surface area contributed by atoms with Gasteiger partial charge in [-0.2, -0.15) is 0 Å². The quantitative estimate of drug-likeness (QED) is 0.915. The van der Waals surface area contributed by atoms with Crippen LogP contribution in [0.4, 0.5) is 5.69 Å². The van der Waals surface area contributed by atoms with Crippen LogP contribution in [0.1, 0.15) is 21.5 Å². The standard InChI is InChI=1S/C16H16BrNO2/c1-11-9-14(7-8-15(11)16(19)20)18(2)10-12-3-5-13(17)6-4-12/h3-9H,10H2,1-2H3,(H,19,20). The Balaban J connectivity index is 2.17. The van der Waals surface area contributed by atoms with Crippen LogP contribution in [0.25, 0.3) is 0 Å². The van der Waals surface area contributed by atoms with E-state index in [-0.39, 0.29) is 0 Å². The average molecular weight is 334 g/mol. The highest BCUT2D eigenvalue weighted by molar-refractivity contribution is 9.10. The van der Waals surface area contributed by atoms with E-state index in [0.29, 0.717) is 5.56 Å². The fourth-order valence-electron chi connectivity index (χ4n) is 2.08. The smallest absolute Gasteiger partial charge is 0.335 e. The van der Waals surface area contributed by atoms with Crippen LogP contribution in [-0.2, 0) is 6.54 Å². The molecule has 0 bridgehead atoms. The number of benzene rings is 2. The largest absolute Gasteiger partial charge is 0.478 e. The maximum atomic E-state index is 11.0. The molecule has 0 atom stereocenters. The molecule has 1 N–H and O–H groups in total. The van der Waals surface area contributed by atoms with Crippen molar-refractivity contribution < 1.29 is 9.90 Å². The summed E-state index contributed by atoms with van der Waals surface area (Å²) >= 11 is 3.42. The SMILES string of the molecule is Cc1cc(N(C)Cc2ccc(Br)cc2)ccc1C(=O)O. The zero-order chi connectivity index (χ0) is 14.7. The van der Waals surface area contributed by atoms with E-state index in [2.05, 4.69) is 33.0 Å². The van der Waals surface area contributed by atoms with E-state index >= 15 is 0 Å². The normalized spacial score (nSPS) is 10.3. The van der Waals surface area contributed by atoms with E-state index < -0.39 is 5.97 Å². The number of aryl methyl sites for hydroxylation is 1. The molecule has 4 heteroatoms. The molecule has 104 valence electrons. The average Bonchev–Trinajstić information content (AvgIpc) is 2.40. The van der Waals surface area contributed by atoms with Crippen molar-refractivity contribution in [2.75, 3.05) is 11.9 Å². The fourth-order valence-corrected chi connectivity index (χ4v) is 2.34. The molecule has 0 saturated carbocycles. The number of hydrogen-bond acceptors (Lipinski definition) is 2. The van der Waals surface area contributed by atoms with Crippen molar-refractivity contribution in [2.24, 2.45) is 0 Å². The molecular weight excluding hydrogens is 318 g/mol. The number of aromatic carboxylic acids is 1.